The second kappa shape index (κ2) is 7.78. The summed E-state index contributed by atoms with van der Waals surface area (Å²) >= 11 is 3.30. The van der Waals surface area contributed by atoms with E-state index in [1.54, 1.807) is 30.3 Å². The van der Waals surface area contributed by atoms with Crippen LogP contribution in [0.2, 0.25) is 0 Å². The number of hydrogen-bond donors (Lipinski definition) is 1. The molecule has 0 radical (unpaired) electrons. The van der Waals surface area contributed by atoms with Crippen LogP contribution < -0.4 is 9.47 Å². The number of carboxylic acid groups (broad SMARTS) is 1. The standard InChI is InChI=1S/C17H15BrO5/c1-2-9-22-14-8-7-11(18)10-13(14)17(21)23-15-6-4-3-5-12(15)16(19)20/h3-8,10H,2,9H2,1H3,(H,19,20). The van der Waals surface area contributed by atoms with Crippen LogP contribution in [-0.2, 0) is 0 Å². The van der Waals surface area contributed by atoms with E-state index in [2.05, 4.69) is 15.9 Å². The molecule has 0 aliphatic carbocycles. The topological polar surface area (TPSA) is 72.8 Å². The van der Waals surface area contributed by atoms with Crippen LogP contribution in [0, 0.1) is 0 Å². The van der Waals surface area contributed by atoms with Gasteiger partial charge in [-0.1, -0.05) is 35.0 Å². The molecule has 2 aromatic carbocycles. The molecule has 6 heteroatoms. The van der Waals surface area contributed by atoms with Crippen molar-refractivity contribution in [2.75, 3.05) is 6.61 Å². The largest absolute Gasteiger partial charge is 0.493 e. The second-order valence-electron chi connectivity index (χ2n) is 4.68. The SMILES string of the molecule is CCCOc1ccc(Br)cc1C(=O)Oc1ccccc1C(=O)O. The third-order valence-electron chi connectivity index (χ3n) is 2.94. The minimum absolute atomic E-state index is 0.00795. The van der Waals surface area contributed by atoms with Crippen LogP contribution in [0.25, 0.3) is 0 Å². The first-order valence-corrected chi connectivity index (χ1v) is 7.79. The molecular weight excluding hydrogens is 364 g/mol. The third kappa shape index (κ3) is 4.32. The number of carbonyl (C=O) groups is 2. The van der Waals surface area contributed by atoms with Crippen LogP contribution in [0.3, 0.4) is 0 Å². The fraction of sp³-hybridized carbons (Fsp3) is 0.176. The number of benzene rings is 2. The Kier molecular flexibility index (Phi) is 5.76. The summed E-state index contributed by atoms with van der Waals surface area (Å²) in [5, 5.41) is 9.14. The van der Waals surface area contributed by atoms with Gasteiger partial charge >= 0.3 is 11.9 Å². The highest BCUT2D eigenvalue weighted by Crippen LogP contribution is 2.26. The van der Waals surface area contributed by atoms with E-state index in [-0.39, 0.29) is 16.9 Å². The fourth-order valence-corrected chi connectivity index (χ4v) is 2.25. The molecule has 5 nitrogen and oxygen atoms in total. The quantitative estimate of drug-likeness (QED) is 0.603. The van der Waals surface area contributed by atoms with Crippen molar-refractivity contribution in [2.45, 2.75) is 13.3 Å². The first-order chi connectivity index (χ1) is 11.0. The van der Waals surface area contributed by atoms with Gasteiger partial charge in [-0.25, -0.2) is 9.59 Å². The van der Waals surface area contributed by atoms with Gasteiger partial charge in [0.2, 0.25) is 0 Å². The molecule has 2 rings (SSSR count). The molecule has 2 aromatic rings. The summed E-state index contributed by atoms with van der Waals surface area (Å²) in [4.78, 5) is 23.6. The zero-order chi connectivity index (χ0) is 16.8. The molecule has 0 saturated carbocycles. The summed E-state index contributed by atoms with van der Waals surface area (Å²) in [6.45, 7) is 2.42. The highest BCUT2D eigenvalue weighted by Gasteiger charge is 2.19. The Labute approximate surface area is 142 Å². The molecule has 1 N–H and O–H groups in total. The molecule has 0 spiro atoms. The first kappa shape index (κ1) is 17.0. The molecule has 0 heterocycles. The van der Waals surface area contributed by atoms with Crippen LogP contribution in [0.1, 0.15) is 34.1 Å². The number of hydrogen-bond acceptors (Lipinski definition) is 4. The summed E-state index contributed by atoms with van der Waals surface area (Å²) in [7, 11) is 0. The lowest BCUT2D eigenvalue weighted by Gasteiger charge is -2.12. The average molecular weight is 379 g/mol. The summed E-state index contributed by atoms with van der Waals surface area (Å²) < 4.78 is 11.5. The average Bonchev–Trinajstić information content (AvgIpc) is 2.54. The molecule has 23 heavy (non-hydrogen) atoms. The highest BCUT2D eigenvalue weighted by molar-refractivity contribution is 9.10. The summed E-state index contributed by atoms with van der Waals surface area (Å²) in [5.41, 5.74) is 0.153. The Morgan fingerprint density at radius 2 is 1.83 bits per heavy atom. The maximum Gasteiger partial charge on any atom is 0.347 e. The first-order valence-electron chi connectivity index (χ1n) is 6.99. The van der Waals surface area contributed by atoms with Crippen molar-refractivity contribution < 1.29 is 24.2 Å². The van der Waals surface area contributed by atoms with Crippen LogP contribution >= 0.6 is 15.9 Å². The fourth-order valence-electron chi connectivity index (χ4n) is 1.89. The number of aromatic carboxylic acids is 1. The van der Waals surface area contributed by atoms with E-state index in [9.17, 15) is 9.59 Å². The molecule has 0 amide bonds. The predicted molar refractivity (Wildman–Crippen MR) is 88.3 cm³/mol. The minimum Gasteiger partial charge on any atom is -0.493 e. The molecule has 0 aliphatic rings. The van der Waals surface area contributed by atoms with E-state index in [1.807, 2.05) is 6.92 Å². The number of ether oxygens (including phenoxy) is 2. The van der Waals surface area contributed by atoms with Crippen LogP contribution in [0.4, 0.5) is 0 Å². The van der Waals surface area contributed by atoms with Crippen LogP contribution in [0.15, 0.2) is 46.9 Å². The monoisotopic (exact) mass is 378 g/mol. The second-order valence-corrected chi connectivity index (χ2v) is 5.60. The van der Waals surface area contributed by atoms with E-state index in [0.717, 1.165) is 6.42 Å². The molecule has 0 bridgehead atoms. The van der Waals surface area contributed by atoms with Crippen molar-refractivity contribution in [3.05, 3.63) is 58.1 Å². The van der Waals surface area contributed by atoms with E-state index in [0.29, 0.717) is 16.8 Å². The van der Waals surface area contributed by atoms with Gasteiger partial charge in [-0.3, -0.25) is 0 Å². The van der Waals surface area contributed by atoms with Gasteiger partial charge in [0.15, 0.2) is 0 Å². The minimum atomic E-state index is -1.16. The Morgan fingerprint density at radius 3 is 2.52 bits per heavy atom. The Morgan fingerprint density at radius 1 is 1.09 bits per heavy atom. The van der Waals surface area contributed by atoms with Gasteiger partial charge in [0, 0.05) is 4.47 Å². The number of esters is 1. The number of carbonyl (C=O) groups excluding carboxylic acids is 1. The van der Waals surface area contributed by atoms with Crippen molar-refractivity contribution in [2.24, 2.45) is 0 Å². The summed E-state index contributed by atoms with van der Waals surface area (Å²) in [6.07, 6.45) is 0.798. The van der Waals surface area contributed by atoms with Gasteiger partial charge in [0.1, 0.15) is 22.6 Å². The number of halogens is 1. The van der Waals surface area contributed by atoms with E-state index in [1.165, 1.54) is 12.1 Å². The lowest BCUT2D eigenvalue weighted by molar-refractivity contribution is 0.0680. The van der Waals surface area contributed by atoms with Gasteiger partial charge < -0.3 is 14.6 Å². The van der Waals surface area contributed by atoms with Crippen molar-refractivity contribution in [3.63, 3.8) is 0 Å². The van der Waals surface area contributed by atoms with E-state index in [4.69, 9.17) is 14.6 Å². The molecule has 0 aliphatic heterocycles. The van der Waals surface area contributed by atoms with Crippen molar-refractivity contribution in [1.29, 1.82) is 0 Å². The van der Waals surface area contributed by atoms with Gasteiger partial charge in [0.25, 0.3) is 0 Å². The number of rotatable bonds is 6. The van der Waals surface area contributed by atoms with Gasteiger partial charge in [-0.05, 0) is 36.8 Å². The third-order valence-corrected chi connectivity index (χ3v) is 3.44. The lowest BCUT2D eigenvalue weighted by atomic mass is 10.2. The van der Waals surface area contributed by atoms with E-state index < -0.39 is 11.9 Å². The maximum absolute atomic E-state index is 12.4. The van der Waals surface area contributed by atoms with E-state index >= 15 is 0 Å². The Bertz CT molecular complexity index is 727. The Hall–Kier alpha value is -2.34. The molecule has 0 atom stereocenters. The number of para-hydroxylation sites is 1. The molecule has 120 valence electrons. The van der Waals surface area contributed by atoms with Crippen molar-refractivity contribution in [1.82, 2.24) is 0 Å². The molecule has 0 aromatic heterocycles. The normalized spacial score (nSPS) is 10.2. The van der Waals surface area contributed by atoms with Crippen molar-refractivity contribution in [3.8, 4) is 11.5 Å². The van der Waals surface area contributed by atoms with Gasteiger partial charge in [0.05, 0.1) is 6.61 Å². The van der Waals surface area contributed by atoms with Crippen LogP contribution in [-0.4, -0.2) is 23.7 Å². The van der Waals surface area contributed by atoms with Gasteiger partial charge in [-0.15, -0.1) is 0 Å². The summed E-state index contributed by atoms with van der Waals surface area (Å²) in [6, 6.07) is 11.0. The number of carboxylic acids is 1. The van der Waals surface area contributed by atoms with Crippen molar-refractivity contribution >= 4 is 27.9 Å². The molecular formula is C17H15BrO5. The highest BCUT2D eigenvalue weighted by atomic mass is 79.9. The Balaban J connectivity index is 2.31. The predicted octanol–water partition coefficient (Wildman–Crippen LogP) is 4.16. The maximum atomic E-state index is 12.4. The molecule has 0 fully saturated rings. The van der Waals surface area contributed by atoms with Gasteiger partial charge in [-0.2, -0.15) is 0 Å². The lowest BCUT2D eigenvalue weighted by Crippen LogP contribution is -2.13. The molecule has 0 saturated heterocycles. The summed E-state index contributed by atoms with van der Waals surface area (Å²) in [5.74, 6) is -1.45. The van der Waals surface area contributed by atoms with Crippen LogP contribution in [0.5, 0.6) is 11.5 Å². The zero-order valence-corrected chi connectivity index (χ0v) is 14.0. The smallest absolute Gasteiger partial charge is 0.347 e. The zero-order valence-electron chi connectivity index (χ0n) is 12.4. The molecule has 0 unspecified atom stereocenters.